The Kier molecular flexibility index (Phi) is 4.26. The lowest BCUT2D eigenvalue weighted by molar-refractivity contribution is -0.152. The fourth-order valence-corrected chi connectivity index (χ4v) is 3.44. The van der Waals surface area contributed by atoms with Crippen LogP contribution in [-0.4, -0.2) is 55.3 Å². The van der Waals surface area contributed by atoms with Crippen molar-refractivity contribution in [2.45, 2.75) is 12.8 Å². The van der Waals surface area contributed by atoms with Crippen molar-refractivity contribution in [1.29, 1.82) is 0 Å². The Morgan fingerprint density at radius 1 is 1.43 bits per heavy atom. The number of carbonyl (C=O) groups is 2. The van der Waals surface area contributed by atoms with Gasteiger partial charge in [0.05, 0.1) is 12.5 Å². The summed E-state index contributed by atoms with van der Waals surface area (Å²) in [6, 6.07) is 7.71. The summed E-state index contributed by atoms with van der Waals surface area (Å²) in [7, 11) is 1.49. The molecule has 2 atom stereocenters. The minimum Gasteiger partial charge on any atom is -0.492 e. The van der Waals surface area contributed by atoms with Gasteiger partial charge in [-0.3, -0.25) is 9.59 Å². The van der Waals surface area contributed by atoms with E-state index >= 15 is 0 Å². The lowest BCUT2D eigenvalue weighted by Crippen LogP contribution is -2.43. The highest BCUT2D eigenvalue weighted by molar-refractivity contribution is 5.83. The Bertz CT molecular complexity index is 617. The maximum atomic E-state index is 12.7. The molecule has 3 rings (SSSR count). The molecule has 0 saturated carbocycles. The fourth-order valence-electron chi connectivity index (χ4n) is 3.44. The molecule has 1 saturated heterocycles. The molecule has 6 nitrogen and oxygen atoms in total. The molecule has 1 aromatic rings. The van der Waals surface area contributed by atoms with Crippen LogP contribution >= 0.6 is 0 Å². The predicted molar refractivity (Wildman–Crippen MR) is 82.3 cm³/mol. The molecular formula is C17H21NO5. The lowest BCUT2D eigenvalue weighted by atomic mass is 9.88. The van der Waals surface area contributed by atoms with E-state index in [1.165, 1.54) is 7.11 Å². The third kappa shape index (κ3) is 2.91. The Morgan fingerprint density at radius 2 is 2.22 bits per heavy atom. The molecule has 2 heterocycles. The number of hydrogen-bond acceptors (Lipinski definition) is 4. The number of benzene rings is 1. The molecule has 6 heteroatoms. The average Bonchev–Trinajstić information content (AvgIpc) is 3.00. The summed E-state index contributed by atoms with van der Waals surface area (Å²) in [6.45, 7) is 1.12. The second-order valence-corrected chi connectivity index (χ2v) is 6.35. The fraction of sp³-hybridized carbons (Fsp3) is 0.529. The van der Waals surface area contributed by atoms with Crippen LogP contribution < -0.4 is 4.74 Å². The van der Waals surface area contributed by atoms with Gasteiger partial charge < -0.3 is 19.5 Å². The van der Waals surface area contributed by atoms with Crippen molar-refractivity contribution in [3.05, 3.63) is 29.8 Å². The first-order valence-corrected chi connectivity index (χ1v) is 7.77. The Balaban J connectivity index is 1.69. The van der Waals surface area contributed by atoms with Crippen LogP contribution in [-0.2, 0) is 20.7 Å². The summed E-state index contributed by atoms with van der Waals surface area (Å²) >= 11 is 0. The van der Waals surface area contributed by atoms with E-state index in [0.29, 0.717) is 26.0 Å². The van der Waals surface area contributed by atoms with Gasteiger partial charge in [0, 0.05) is 20.2 Å². The normalized spacial score (nSPS) is 26.5. The van der Waals surface area contributed by atoms with E-state index in [1.54, 1.807) is 4.90 Å². The molecule has 0 aliphatic carbocycles. The second kappa shape index (κ2) is 6.20. The van der Waals surface area contributed by atoms with Gasteiger partial charge in [0.2, 0.25) is 5.91 Å². The second-order valence-electron chi connectivity index (χ2n) is 6.35. The molecular weight excluding hydrogens is 298 g/mol. The molecule has 1 amide bonds. The molecule has 0 radical (unpaired) electrons. The number of carboxylic acid groups (broad SMARTS) is 1. The summed E-state index contributed by atoms with van der Waals surface area (Å²) in [5, 5.41) is 9.49. The standard InChI is InChI=1S/C17H21NO5/c1-22-11-17(16(20)21)6-7-18(10-17)15(19)13-8-12-4-2-3-5-14(12)23-9-13/h2-5,13H,6-11H2,1H3,(H,20,21). The third-order valence-electron chi connectivity index (χ3n) is 4.77. The van der Waals surface area contributed by atoms with Crippen molar-refractivity contribution in [3.8, 4) is 5.75 Å². The van der Waals surface area contributed by atoms with Gasteiger partial charge in [-0.25, -0.2) is 0 Å². The number of aliphatic carboxylic acids is 1. The first kappa shape index (κ1) is 15.8. The number of fused-ring (bicyclic) bond motifs is 1. The SMILES string of the molecule is COCC1(C(=O)O)CCN(C(=O)C2COc3ccccc3C2)C1. The minimum absolute atomic E-state index is 0.0290. The van der Waals surface area contributed by atoms with Crippen molar-refractivity contribution in [3.63, 3.8) is 0 Å². The number of methoxy groups -OCH3 is 1. The van der Waals surface area contributed by atoms with E-state index in [2.05, 4.69) is 0 Å². The molecule has 1 aromatic carbocycles. The minimum atomic E-state index is -0.988. The zero-order valence-electron chi connectivity index (χ0n) is 13.2. The Labute approximate surface area is 135 Å². The highest BCUT2D eigenvalue weighted by atomic mass is 16.5. The smallest absolute Gasteiger partial charge is 0.313 e. The Hall–Kier alpha value is -2.08. The van der Waals surface area contributed by atoms with E-state index in [1.807, 2.05) is 24.3 Å². The number of carbonyl (C=O) groups excluding carboxylic acids is 1. The van der Waals surface area contributed by atoms with Crippen LogP contribution in [0.4, 0.5) is 0 Å². The number of nitrogens with zero attached hydrogens (tertiary/aromatic N) is 1. The summed E-state index contributed by atoms with van der Waals surface area (Å²) < 4.78 is 10.7. The maximum Gasteiger partial charge on any atom is 0.313 e. The zero-order chi connectivity index (χ0) is 16.4. The monoisotopic (exact) mass is 319 g/mol. The van der Waals surface area contributed by atoms with Gasteiger partial charge in [0.15, 0.2) is 0 Å². The van der Waals surface area contributed by atoms with Crippen molar-refractivity contribution in [2.75, 3.05) is 33.4 Å². The summed E-state index contributed by atoms with van der Waals surface area (Å²) in [4.78, 5) is 26.0. The highest BCUT2D eigenvalue weighted by Crippen LogP contribution is 2.34. The third-order valence-corrected chi connectivity index (χ3v) is 4.77. The number of hydrogen-bond donors (Lipinski definition) is 1. The van der Waals surface area contributed by atoms with Crippen LogP contribution in [0.3, 0.4) is 0 Å². The summed E-state index contributed by atoms with van der Waals surface area (Å²) in [5.74, 6) is -0.354. The van der Waals surface area contributed by atoms with Crippen molar-refractivity contribution in [2.24, 2.45) is 11.3 Å². The van der Waals surface area contributed by atoms with Gasteiger partial charge in [0.1, 0.15) is 17.8 Å². The van der Waals surface area contributed by atoms with Crippen molar-refractivity contribution in [1.82, 2.24) is 4.90 Å². The van der Waals surface area contributed by atoms with E-state index < -0.39 is 11.4 Å². The Morgan fingerprint density at radius 3 is 2.96 bits per heavy atom. The first-order chi connectivity index (χ1) is 11.1. The number of ether oxygens (including phenoxy) is 2. The van der Waals surface area contributed by atoms with Gasteiger partial charge in [-0.15, -0.1) is 0 Å². The topological polar surface area (TPSA) is 76.1 Å². The molecule has 2 aliphatic heterocycles. The van der Waals surface area contributed by atoms with Gasteiger partial charge in [-0.2, -0.15) is 0 Å². The van der Waals surface area contributed by atoms with Crippen LogP contribution in [0.5, 0.6) is 5.75 Å². The summed E-state index contributed by atoms with van der Waals surface area (Å²) in [6.07, 6.45) is 1.06. The molecule has 1 N–H and O–H groups in total. The number of para-hydroxylation sites is 1. The van der Waals surface area contributed by atoms with Gasteiger partial charge in [-0.1, -0.05) is 18.2 Å². The number of likely N-dealkylation sites (tertiary alicyclic amines) is 1. The number of amides is 1. The molecule has 0 aromatic heterocycles. The number of carboxylic acids is 1. The predicted octanol–water partition coefficient (Wildman–Crippen LogP) is 1.19. The largest absolute Gasteiger partial charge is 0.492 e. The van der Waals surface area contributed by atoms with Gasteiger partial charge in [-0.05, 0) is 24.5 Å². The highest BCUT2D eigenvalue weighted by Gasteiger charge is 2.47. The van der Waals surface area contributed by atoms with E-state index in [9.17, 15) is 14.7 Å². The molecule has 0 spiro atoms. The van der Waals surface area contributed by atoms with Crippen LogP contribution in [0.2, 0.25) is 0 Å². The molecule has 23 heavy (non-hydrogen) atoms. The molecule has 124 valence electrons. The zero-order valence-corrected chi connectivity index (χ0v) is 13.2. The van der Waals surface area contributed by atoms with Crippen LogP contribution in [0, 0.1) is 11.3 Å². The molecule has 2 unspecified atom stereocenters. The first-order valence-electron chi connectivity index (χ1n) is 7.77. The number of rotatable bonds is 4. The maximum absolute atomic E-state index is 12.7. The lowest BCUT2D eigenvalue weighted by Gasteiger charge is -2.29. The van der Waals surface area contributed by atoms with Crippen LogP contribution in [0.15, 0.2) is 24.3 Å². The van der Waals surface area contributed by atoms with Gasteiger partial charge >= 0.3 is 5.97 Å². The van der Waals surface area contributed by atoms with Crippen LogP contribution in [0.1, 0.15) is 12.0 Å². The quantitative estimate of drug-likeness (QED) is 0.902. The van der Waals surface area contributed by atoms with E-state index in [4.69, 9.17) is 9.47 Å². The van der Waals surface area contributed by atoms with E-state index in [0.717, 1.165) is 11.3 Å². The van der Waals surface area contributed by atoms with Crippen LogP contribution in [0.25, 0.3) is 0 Å². The molecule has 0 bridgehead atoms. The van der Waals surface area contributed by atoms with Crippen molar-refractivity contribution < 1.29 is 24.2 Å². The van der Waals surface area contributed by atoms with E-state index in [-0.39, 0.29) is 25.0 Å². The average molecular weight is 319 g/mol. The van der Waals surface area contributed by atoms with Gasteiger partial charge in [0.25, 0.3) is 0 Å². The molecule has 2 aliphatic rings. The molecule has 1 fully saturated rings. The van der Waals surface area contributed by atoms with Crippen molar-refractivity contribution >= 4 is 11.9 Å². The summed E-state index contributed by atoms with van der Waals surface area (Å²) in [5.41, 5.74) is 0.0374.